The van der Waals surface area contributed by atoms with Gasteiger partial charge in [0, 0.05) is 0 Å². The van der Waals surface area contributed by atoms with Gasteiger partial charge in [-0.2, -0.15) is 4.90 Å². The Kier molecular flexibility index (Phi) is 7.27. The fourth-order valence-corrected chi connectivity index (χ4v) is 0.578. The van der Waals surface area contributed by atoms with E-state index in [1.54, 1.807) is 0 Å². The maximum Gasteiger partial charge on any atom is -0.0624 e. The molecule has 1 radical (unpaired) electrons. The summed E-state index contributed by atoms with van der Waals surface area (Å²) < 4.78 is 7.14. The normalized spacial score (nSPS) is 8.73. The van der Waals surface area contributed by atoms with Crippen molar-refractivity contribution < 1.29 is 0 Å². The van der Waals surface area contributed by atoms with E-state index >= 15 is 0 Å². The summed E-state index contributed by atoms with van der Waals surface area (Å²) in [6.45, 7) is 0. The van der Waals surface area contributed by atoms with Crippen LogP contribution in [-0.2, 0) is 12.6 Å². The summed E-state index contributed by atoms with van der Waals surface area (Å²) >= 11 is 4.15. The molecule has 0 amide bonds. The molecule has 0 aliphatic carbocycles. The number of benzene rings is 1. The van der Waals surface area contributed by atoms with Crippen LogP contribution in [-0.4, -0.2) is 22.7 Å². The SMILES string of the molecule is [CH3][Pb]([CH3])[CH3].[S-]c1ccccc1. The van der Waals surface area contributed by atoms with Crippen molar-refractivity contribution in [2.24, 2.45) is 0 Å². The van der Waals surface area contributed by atoms with Gasteiger partial charge < -0.3 is 12.6 Å². The van der Waals surface area contributed by atoms with Crippen LogP contribution >= 0.6 is 0 Å². The van der Waals surface area contributed by atoms with E-state index < -0.39 is 22.7 Å². The zero-order valence-corrected chi connectivity index (χ0v) is 12.0. The Morgan fingerprint density at radius 2 is 1.36 bits per heavy atom. The number of hydrogen-bond acceptors (Lipinski definition) is 1. The van der Waals surface area contributed by atoms with Gasteiger partial charge in [-0.15, -0.1) is 0 Å². The Labute approximate surface area is 83.6 Å². The van der Waals surface area contributed by atoms with E-state index in [0.717, 1.165) is 4.90 Å². The van der Waals surface area contributed by atoms with Crippen LogP contribution < -0.4 is 0 Å². The first-order valence-corrected chi connectivity index (χ1v) is 15.7. The zero-order chi connectivity index (χ0) is 8.69. The summed E-state index contributed by atoms with van der Waals surface area (Å²) in [5, 5.41) is 0. The van der Waals surface area contributed by atoms with Gasteiger partial charge in [0.25, 0.3) is 0 Å². The van der Waals surface area contributed by atoms with E-state index in [2.05, 4.69) is 13.4 Å². The molecule has 0 aliphatic rings. The summed E-state index contributed by atoms with van der Waals surface area (Å²) in [6.07, 6.45) is 0. The number of hydrogen-bond donors (Lipinski definition) is 0. The van der Waals surface area contributed by atoms with Gasteiger partial charge in [0.1, 0.15) is 0 Å². The Balaban J connectivity index is 0.000000218. The second kappa shape index (κ2) is 7.04. The molecule has 2 heteroatoms. The third-order valence-corrected chi connectivity index (χ3v) is 1.02. The molecule has 0 unspecified atom stereocenters. The van der Waals surface area contributed by atoms with Crippen LogP contribution in [0.15, 0.2) is 35.2 Å². The summed E-state index contributed by atoms with van der Waals surface area (Å²) in [5.41, 5.74) is 0. The standard InChI is InChI=1S/C6H6S.3CH3.Pb/c7-6-4-2-1-3-5-6;;;;/h1-5,7H;3*1H3;/p-1. The van der Waals surface area contributed by atoms with Gasteiger partial charge in [0.05, 0.1) is 0 Å². The van der Waals surface area contributed by atoms with E-state index in [1.165, 1.54) is 0 Å². The second-order valence-electron chi connectivity index (χ2n) is 2.81. The third-order valence-electron chi connectivity index (χ3n) is 0.743. The van der Waals surface area contributed by atoms with Crippen LogP contribution in [0.1, 0.15) is 0 Å². The van der Waals surface area contributed by atoms with Crippen LogP contribution in [0.2, 0.25) is 13.4 Å². The first-order valence-electron chi connectivity index (χ1n) is 3.61. The van der Waals surface area contributed by atoms with Crippen LogP contribution in [0.5, 0.6) is 0 Å². The average molecular weight is 361 g/mol. The van der Waals surface area contributed by atoms with E-state index in [4.69, 9.17) is 12.6 Å². The Morgan fingerprint density at radius 1 is 1.00 bits per heavy atom. The summed E-state index contributed by atoms with van der Waals surface area (Å²) in [6, 6.07) is 9.62. The van der Waals surface area contributed by atoms with Gasteiger partial charge >= 0.3 is 36.2 Å². The fraction of sp³-hybridized carbons (Fsp3) is 0.333. The number of rotatable bonds is 0. The third kappa shape index (κ3) is 10.4. The molecular weight excluding hydrogens is 347 g/mol. The second-order valence-corrected chi connectivity index (χ2v) is 14.9. The Bertz CT molecular complexity index is 169. The quantitative estimate of drug-likeness (QED) is 0.506. The van der Waals surface area contributed by atoms with Crippen molar-refractivity contribution in [1.82, 2.24) is 0 Å². The molecule has 0 spiro atoms. The van der Waals surface area contributed by atoms with Crippen LogP contribution in [0.25, 0.3) is 0 Å². The molecule has 0 saturated heterocycles. The van der Waals surface area contributed by atoms with Gasteiger partial charge in [0.15, 0.2) is 0 Å². The molecule has 0 atom stereocenters. The van der Waals surface area contributed by atoms with Crippen molar-refractivity contribution >= 4 is 35.3 Å². The molecule has 0 fully saturated rings. The minimum absolute atomic E-state index is 0.657. The van der Waals surface area contributed by atoms with Crippen molar-refractivity contribution in [1.29, 1.82) is 0 Å². The van der Waals surface area contributed by atoms with E-state index in [0.29, 0.717) is 0 Å². The first-order chi connectivity index (χ1) is 5.13. The predicted octanol–water partition coefficient (Wildman–Crippen LogP) is 2.96. The Morgan fingerprint density at radius 3 is 1.55 bits per heavy atom. The van der Waals surface area contributed by atoms with Crippen molar-refractivity contribution in [3.05, 3.63) is 30.3 Å². The van der Waals surface area contributed by atoms with Gasteiger partial charge in [-0.3, -0.25) is 0 Å². The molecule has 1 aromatic rings. The molecule has 0 N–H and O–H groups in total. The van der Waals surface area contributed by atoms with Gasteiger partial charge in [-0.05, 0) is 0 Å². The molecule has 0 heterocycles. The molecule has 61 valence electrons. The van der Waals surface area contributed by atoms with Gasteiger partial charge in [0.2, 0.25) is 0 Å². The van der Waals surface area contributed by atoms with Crippen LogP contribution in [0.3, 0.4) is 0 Å². The Hall–Kier alpha value is 0.362. The van der Waals surface area contributed by atoms with Crippen molar-refractivity contribution in [2.45, 2.75) is 18.3 Å². The topological polar surface area (TPSA) is 0 Å². The first kappa shape index (κ1) is 11.4. The minimum atomic E-state index is -0.657. The van der Waals surface area contributed by atoms with Gasteiger partial charge in [-0.25, -0.2) is 0 Å². The molecule has 0 bridgehead atoms. The molecule has 0 nitrogen and oxygen atoms in total. The van der Waals surface area contributed by atoms with E-state index in [1.807, 2.05) is 30.3 Å². The maximum atomic E-state index is 4.81. The minimum Gasteiger partial charge on any atom is -0.780 e. The molecule has 1 rings (SSSR count). The molecule has 0 aliphatic heterocycles. The summed E-state index contributed by atoms with van der Waals surface area (Å²) in [5.74, 6) is 0. The van der Waals surface area contributed by atoms with Gasteiger partial charge in [-0.1, -0.05) is 30.3 Å². The predicted molar refractivity (Wildman–Crippen MR) is 55.4 cm³/mol. The molecule has 11 heavy (non-hydrogen) atoms. The van der Waals surface area contributed by atoms with Crippen molar-refractivity contribution in [3.8, 4) is 0 Å². The van der Waals surface area contributed by atoms with Crippen molar-refractivity contribution in [3.63, 3.8) is 0 Å². The zero-order valence-electron chi connectivity index (χ0n) is 7.29. The smallest absolute Gasteiger partial charge is 0.0624 e. The molecule has 0 aromatic heterocycles. The maximum absolute atomic E-state index is 4.81. The molecule has 0 saturated carbocycles. The van der Waals surface area contributed by atoms with E-state index in [-0.39, 0.29) is 0 Å². The van der Waals surface area contributed by atoms with Crippen LogP contribution in [0.4, 0.5) is 0 Å². The average Bonchev–Trinajstić information content (AvgIpc) is 1.87. The summed E-state index contributed by atoms with van der Waals surface area (Å²) in [4.78, 5) is 0.905. The largest absolute Gasteiger partial charge is 0.780 e. The molecule has 1 aromatic carbocycles. The van der Waals surface area contributed by atoms with Crippen molar-refractivity contribution in [2.75, 3.05) is 0 Å². The molecular formula is C9H14PbS-. The monoisotopic (exact) mass is 362 g/mol. The van der Waals surface area contributed by atoms with Crippen LogP contribution in [0, 0.1) is 0 Å². The summed E-state index contributed by atoms with van der Waals surface area (Å²) in [7, 11) is 0. The fourth-order valence-electron chi connectivity index (χ4n) is 0.420. The van der Waals surface area contributed by atoms with E-state index in [9.17, 15) is 0 Å².